The van der Waals surface area contributed by atoms with Crippen molar-refractivity contribution < 1.29 is 14.2 Å². The molecule has 3 nitrogen and oxygen atoms in total. The molecule has 96 valence electrons. The second kappa shape index (κ2) is 8.72. The average molecular weight is 350 g/mol. The van der Waals surface area contributed by atoms with Gasteiger partial charge in [-0.05, 0) is 13.0 Å². The Morgan fingerprint density at radius 3 is 2.65 bits per heavy atom. The predicted octanol–water partition coefficient (Wildman–Crippen LogP) is 3.22. The maximum absolute atomic E-state index is 5.81. The zero-order valence-corrected chi connectivity index (χ0v) is 12.5. The Balaban J connectivity index is 2.59. The third-order valence-corrected chi connectivity index (χ3v) is 3.18. The van der Waals surface area contributed by atoms with Crippen LogP contribution in [0, 0.1) is 0 Å². The molecule has 0 aliphatic rings. The fourth-order valence-electron chi connectivity index (χ4n) is 1.54. The van der Waals surface area contributed by atoms with Crippen molar-refractivity contribution in [3.8, 4) is 5.75 Å². The van der Waals surface area contributed by atoms with Crippen molar-refractivity contribution in [2.24, 2.45) is 0 Å². The van der Waals surface area contributed by atoms with Crippen molar-refractivity contribution in [1.82, 2.24) is 0 Å². The second-order valence-electron chi connectivity index (χ2n) is 3.45. The molecule has 1 aromatic rings. The van der Waals surface area contributed by atoms with E-state index in [1.54, 1.807) is 7.11 Å². The Labute approximate surface area is 117 Å². The van der Waals surface area contributed by atoms with Crippen LogP contribution in [0.5, 0.6) is 5.75 Å². The minimum absolute atomic E-state index is 0.0622. The quantitative estimate of drug-likeness (QED) is 0.409. The van der Waals surface area contributed by atoms with Crippen LogP contribution < -0.4 is 4.74 Å². The SMILES string of the molecule is CCOCCOC(CI)c1ccccc1OC. The van der Waals surface area contributed by atoms with Gasteiger partial charge >= 0.3 is 0 Å². The summed E-state index contributed by atoms with van der Waals surface area (Å²) in [4.78, 5) is 0. The lowest BCUT2D eigenvalue weighted by molar-refractivity contribution is 0.0169. The van der Waals surface area contributed by atoms with Gasteiger partial charge in [0.1, 0.15) is 5.75 Å². The highest BCUT2D eigenvalue weighted by molar-refractivity contribution is 14.1. The van der Waals surface area contributed by atoms with Gasteiger partial charge in [0.2, 0.25) is 0 Å². The summed E-state index contributed by atoms with van der Waals surface area (Å²) in [6, 6.07) is 7.97. The van der Waals surface area contributed by atoms with Crippen LogP contribution in [-0.4, -0.2) is 31.4 Å². The van der Waals surface area contributed by atoms with E-state index in [0.29, 0.717) is 13.2 Å². The summed E-state index contributed by atoms with van der Waals surface area (Å²) in [5.41, 5.74) is 1.10. The Morgan fingerprint density at radius 2 is 2.00 bits per heavy atom. The first-order valence-electron chi connectivity index (χ1n) is 5.71. The van der Waals surface area contributed by atoms with Crippen LogP contribution in [0.15, 0.2) is 24.3 Å². The molecule has 0 saturated carbocycles. The van der Waals surface area contributed by atoms with Crippen LogP contribution in [0.1, 0.15) is 18.6 Å². The van der Waals surface area contributed by atoms with Crippen LogP contribution in [0.2, 0.25) is 0 Å². The molecule has 0 heterocycles. The zero-order chi connectivity index (χ0) is 12.5. The first kappa shape index (κ1) is 14.7. The summed E-state index contributed by atoms with van der Waals surface area (Å²) in [5.74, 6) is 0.880. The van der Waals surface area contributed by atoms with Gasteiger partial charge in [0.25, 0.3) is 0 Å². The molecule has 1 rings (SSSR count). The van der Waals surface area contributed by atoms with Crippen molar-refractivity contribution in [3.05, 3.63) is 29.8 Å². The Bertz CT molecular complexity index is 317. The van der Waals surface area contributed by atoms with Crippen molar-refractivity contribution in [3.63, 3.8) is 0 Å². The van der Waals surface area contributed by atoms with Gasteiger partial charge in [-0.3, -0.25) is 0 Å². The molecule has 0 spiro atoms. The topological polar surface area (TPSA) is 27.7 Å². The number of hydrogen-bond acceptors (Lipinski definition) is 3. The van der Waals surface area contributed by atoms with Crippen LogP contribution in [-0.2, 0) is 9.47 Å². The van der Waals surface area contributed by atoms with Gasteiger partial charge in [0.15, 0.2) is 0 Å². The summed E-state index contributed by atoms with van der Waals surface area (Å²) in [6.07, 6.45) is 0.0622. The van der Waals surface area contributed by atoms with E-state index in [4.69, 9.17) is 14.2 Å². The summed E-state index contributed by atoms with van der Waals surface area (Å²) in [7, 11) is 1.68. The van der Waals surface area contributed by atoms with E-state index in [0.717, 1.165) is 22.3 Å². The molecule has 0 aliphatic heterocycles. The highest BCUT2D eigenvalue weighted by Crippen LogP contribution is 2.28. The van der Waals surface area contributed by atoms with Gasteiger partial charge in [0.05, 0.1) is 26.4 Å². The number of rotatable bonds is 8. The van der Waals surface area contributed by atoms with Crippen molar-refractivity contribution >= 4 is 22.6 Å². The Kier molecular flexibility index (Phi) is 7.55. The van der Waals surface area contributed by atoms with Crippen LogP contribution >= 0.6 is 22.6 Å². The first-order chi connectivity index (χ1) is 8.33. The average Bonchev–Trinajstić information content (AvgIpc) is 2.39. The molecule has 1 atom stereocenters. The molecule has 0 aromatic heterocycles. The number of methoxy groups -OCH3 is 1. The normalized spacial score (nSPS) is 12.4. The summed E-state index contributed by atoms with van der Waals surface area (Å²) in [5, 5.41) is 0. The maximum atomic E-state index is 5.81. The number of para-hydroxylation sites is 1. The minimum atomic E-state index is 0.0622. The third-order valence-electron chi connectivity index (χ3n) is 2.38. The summed E-state index contributed by atoms with van der Waals surface area (Å²) < 4.78 is 17.3. The number of halogens is 1. The van der Waals surface area contributed by atoms with E-state index < -0.39 is 0 Å². The van der Waals surface area contributed by atoms with E-state index in [9.17, 15) is 0 Å². The summed E-state index contributed by atoms with van der Waals surface area (Å²) >= 11 is 2.33. The molecule has 1 unspecified atom stereocenters. The van der Waals surface area contributed by atoms with E-state index in [1.165, 1.54) is 0 Å². The molecule has 0 fully saturated rings. The van der Waals surface area contributed by atoms with Crippen molar-refractivity contribution in [2.45, 2.75) is 13.0 Å². The highest BCUT2D eigenvalue weighted by atomic mass is 127. The zero-order valence-electron chi connectivity index (χ0n) is 10.3. The van der Waals surface area contributed by atoms with Gasteiger partial charge in [-0.25, -0.2) is 0 Å². The molecular formula is C13H19IO3. The lowest BCUT2D eigenvalue weighted by atomic mass is 10.1. The van der Waals surface area contributed by atoms with Gasteiger partial charge in [-0.15, -0.1) is 0 Å². The fourth-order valence-corrected chi connectivity index (χ4v) is 2.27. The maximum Gasteiger partial charge on any atom is 0.124 e. The van der Waals surface area contributed by atoms with E-state index in [2.05, 4.69) is 22.6 Å². The highest BCUT2D eigenvalue weighted by Gasteiger charge is 2.14. The van der Waals surface area contributed by atoms with Gasteiger partial charge in [-0.1, -0.05) is 40.8 Å². The molecule has 0 saturated heterocycles. The van der Waals surface area contributed by atoms with Crippen molar-refractivity contribution in [2.75, 3.05) is 31.4 Å². The van der Waals surface area contributed by atoms with Crippen molar-refractivity contribution in [1.29, 1.82) is 0 Å². The smallest absolute Gasteiger partial charge is 0.124 e. The molecule has 0 amide bonds. The molecule has 0 bridgehead atoms. The monoisotopic (exact) mass is 350 g/mol. The lowest BCUT2D eigenvalue weighted by Crippen LogP contribution is -2.11. The van der Waals surface area contributed by atoms with E-state index >= 15 is 0 Å². The van der Waals surface area contributed by atoms with Gasteiger partial charge < -0.3 is 14.2 Å². The van der Waals surface area contributed by atoms with Gasteiger partial charge in [-0.2, -0.15) is 0 Å². The lowest BCUT2D eigenvalue weighted by Gasteiger charge is -2.18. The molecule has 17 heavy (non-hydrogen) atoms. The van der Waals surface area contributed by atoms with Crippen LogP contribution in [0.4, 0.5) is 0 Å². The molecule has 0 aliphatic carbocycles. The van der Waals surface area contributed by atoms with E-state index in [-0.39, 0.29) is 6.10 Å². The standard InChI is InChI=1S/C13H19IO3/c1-3-16-8-9-17-13(10-14)11-6-4-5-7-12(11)15-2/h4-7,13H,3,8-10H2,1-2H3. The first-order valence-corrected chi connectivity index (χ1v) is 7.24. The molecular weight excluding hydrogens is 331 g/mol. The number of ether oxygens (including phenoxy) is 3. The molecule has 1 aromatic carbocycles. The Hall–Kier alpha value is -0.330. The van der Waals surface area contributed by atoms with Crippen LogP contribution in [0.3, 0.4) is 0 Å². The second-order valence-corrected chi connectivity index (χ2v) is 4.33. The third kappa shape index (κ3) is 4.81. The minimum Gasteiger partial charge on any atom is -0.496 e. The molecule has 4 heteroatoms. The predicted molar refractivity (Wildman–Crippen MR) is 77.1 cm³/mol. The largest absolute Gasteiger partial charge is 0.496 e. The molecule has 0 radical (unpaired) electrons. The van der Waals surface area contributed by atoms with Gasteiger partial charge in [0, 0.05) is 16.6 Å². The van der Waals surface area contributed by atoms with Crippen LogP contribution in [0.25, 0.3) is 0 Å². The van der Waals surface area contributed by atoms with E-state index in [1.807, 2.05) is 31.2 Å². The number of alkyl halides is 1. The number of benzene rings is 1. The Morgan fingerprint density at radius 1 is 1.24 bits per heavy atom. The molecule has 0 N–H and O–H groups in total. The summed E-state index contributed by atoms with van der Waals surface area (Å²) in [6.45, 7) is 3.96. The fraction of sp³-hybridized carbons (Fsp3) is 0.538. The number of hydrogen-bond donors (Lipinski definition) is 0.